The Morgan fingerprint density at radius 1 is 1.40 bits per heavy atom. The normalized spacial score (nSPS) is 37.0. The van der Waals surface area contributed by atoms with Crippen LogP contribution in [-0.2, 0) is 4.74 Å². The van der Waals surface area contributed by atoms with Gasteiger partial charge in [-0.15, -0.1) is 0 Å². The van der Waals surface area contributed by atoms with Crippen LogP contribution in [0.3, 0.4) is 0 Å². The zero-order chi connectivity index (χ0) is 10.9. The maximum atomic E-state index is 5.61. The highest BCUT2D eigenvalue weighted by molar-refractivity contribution is 4.93. The Hall–Kier alpha value is -0.120. The first-order valence-electron chi connectivity index (χ1n) is 6.11. The molecule has 0 amide bonds. The van der Waals surface area contributed by atoms with Gasteiger partial charge in [0, 0.05) is 25.2 Å². The van der Waals surface area contributed by atoms with Gasteiger partial charge in [0.2, 0.25) is 0 Å². The van der Waals surface area contributed by atoms with E-state index in [9.17, 15) is 0 Å². The number of ether oxygens (including phenoxy) is 1. The molecule has 0 bridgehead atoms. The van der Waals surface area contributed by atoms with E-state index in [0.29, 0.717) is 17.5 Å². The van der Waals surface area contributed by atoms with Crippen LogP contribution in [0.25, 0.3) is 0 Å². The molecule has 3 nitrogen and oxygen atoms in total. The van der Waals surface area contributed by atoms with E-state index < -0.39 is 0 Å². The molecule has 2 aliphatic rings. The summed E-state index contributed by atoms with van der Waals surface area (Å²) >= 11 is 0. The van der Waals surface area contributed by atoms with Crippen molar-refractivity contribution in [1.29, 1.82) is 0 Å². The molecule has 3 heteroatoms. The van der Waals surface area contributed by atoms with Crippen molar-refractivity contribution in [2.24, 2.45) is 5.41 Å². The molecule has 0 aromatic heterocycles. The second-order valence-electron chi connectivity index (χ2n) is 5.71. The minimum atomic E-state index is 0.496. The van der Waals surface area contributed by atoms with Gasteiger partial charge in [0.25, 0.3) is 0 Å². The van der Waals surface area contributed by atoms with Gasteiger partial charge in [-0.3, -0.25) is 4.90 Å². The smallest absolute Gasteiger partial charge is 0.0637 e. The van der Waals surface area contributed by atoms with Crippen LogP contribution in [0.1, 0.15) is 26.7 Å². The van der Waals surface area contributed by atoms with Crippen LogP contribution >= 0.6 is 0 Å². The Morgan fingerprint density at radius 2 is 2.20 bits per heavy atom. The zero-order valence-electron chi connectivity index (χ0n) is 10.3. The Bertz CT molecular complexity index is 218. The highest BCUT2D eigenvalue weighted by Crippen LogP contribution is 2.31. The van der Waals surface area contributed by atoms with Crippen LogP contribution < -0.4 is 5.32 Å². The van der Waals surface area contributed by atoms with E-state index >= 15 is 0 Å². The van der Waals surface area contributed by atoms with Gasteiger partial charge in [-0.1, -0.05) is 13.8 Å². The monoisotopic (exact) mass is 212 g/mol. The highest BCUT2D eigenvalue weighted by Gasteiger charge is 2.37. The van der Waals surface area contributed by atoms with Crippen molar-refractivity contribution in [2.45, 2.75) is 38.8 Å². The summed E-state index contributed by atoms with van der Waals surface area (Å²) in [7, 11) is 2.07. The lowest BCUT2D eigenvalue weighted by Crippen LogP contribution is -2.54. The largest absolute Gasteiger partial charge is 0.380 e. The zero-order valence-corrected chi connectivity index (χ0v) is 10.3. The molecule has 2 atom stereocenters. The first kappa shape index (κ1) is 11.4. The quantitative estimate of drug-likeness (QED) is 0.742. The van der Waals surface area contributed by atoms with Crippen molar-refractivity contribution in [3.63, 3.8) is 0 Å². The molecular weight excluding hydrogens is 188 g/mol. The molecule has 2 rings (SSSR count). The average molecular weight is 212 g/mol. The van der Waals surface area contributed by atoms with Crippen molar-refractivity contribution >= 4 is 0 Å². The first-order valence-corrected chi connectivity index (χ1v) is 6.11. The van der Waals surface area contributed by atoms with E-state index in [4.69, 9.17) is 4.74 Å². The molecule has 0 radical (unpaired) electrons. The summed E-state index contributed by atoms with van der Waals surface area (Å²) in [5, 5.41) is 3.44. The molecule has 2 heterocycles. The summed E-state index contributed by atoms with van der Waals surface area (Å²) < 4.78 is 5.61. The molecule has 2 unspecified atom stereocenters. The topological polar surface area (TPSA) is 24.5 Å². The van der Waals surface area contributed by atoms with E-state index in [1.807, 2.05) is 0 Å². The number of hydrogen-bond acceptors (Lipinski definition) is 3. The lowest BCUT2D eigenvalue weighted by Gasteiger charge is -2.38. The van der Waals surface area contributed by atoms with Crippen molar-refractivity contribution in [1.82, 2.24) is 10.2 Å². The number of hydrogen-bond donors (Lipinski definition) is 1. The Balaban J connectivity index is 1.97. The van der Waals surface area contributed by atoms with Gasteiger partial charge in [-0.05, 0) is 31.8 Å². The van der Waals surface area contributed by atoms with Gasteiger partial charge < -0.3 is 10.1 Å². The Labute approximate surface area is 93.2 Å². The van der Waals surface area contributed by atoms with E-state index in [2.05, 4.69) is 31.1 Å². The number of nitrogens with one attached hydrogen (secondary N) is 1. The molecule has 15 heavy (non-hydrogen) atoms. The summed E-state index contributed by atoms with van der Waals surface area (Å²) in [6.45, 7) is 9.01. The number of likely N-dealkylation sites (N-methyl/N-ethyl adjacent to an activating group) is 1. The SMILES string of the molecule is CNC1CCOCC1N1CCC(C)(C)C1. The third-order valence-electron chi connectivity index (χ3n) is 3.87. The molecule has 0 saturated carbocycles. The van der Waals surface area contributed by atoms with E-state index in [-0.39, 0.29) is 0 Å². The number of nitrogens with zero attached hydrogens (tertiary/aromatic N) is 1. The van der Waals surface area contributed by atoms with Crippen molar-refractivity contribution < 1.29 is 4.74 Å². The van der Waals surface area contributed by atoms with E-state index in [0.717, 1.165) is 19.6 Å². The third-order valence-corrected chi connectivity index (χ3v) is 3.87. The van der Waals surface area contributed by atoms with Crippen molar-refractivity contribution in [2.75, 3.05) is 33.4 Å². The minimum Gasteiger partial charge on any atom is -0.380 e. The predicted molar refractivity (Wildman–Crippen MR) is 62.0 cm³/mol. The second kappa shape index (κ2) is 4.40. The highest BCUT2D eigenvalue weighted by atomic mass is 16.5. The number of rotatable bonds is 2. The van der Waals surface area contributed by atoms with Gasteiger partial charge in [0.15, 0.2) is 0 Å². The van der Waals surface area contributed by atoms with E-state index in [1.165, 1.54) is 19.5 Å². The van der Waals surface area contributed by atoms with Gasteiger partial charge in [-0.2, -0.15) is 0 Å². The molecule has 2 saturated heterocycles. The maximum absolute atomic E-state index is 5.61. The van der Waals surface area contributed by atoms with Crippen LogP contribution in [0.4, 0.5) is 0 Å². The lowest BCUT2D eigenvalue weighted by molar-refractivity contribution is 0.00407. The number of likely N-dealkylation sites (tertiary alicyclic amines) is 1. The van der Waals surface area contributed by atoms with Crippen molar-refractivity contribution in [3.8, 4) is 0 Å². The molecule has 1 N–H and O–H groups in total. The molecule has 0 aliphatic carbocycles. The fraction of sp³-hybridized carbons (Fsp3) is 1.00. The van der Waals surface area contributed by atoms with Gasteiger partial charge in [0.1, 0.15) is 0 Å². The third kappa shape index (κ3) is 2.52. The van der Waals surface area contributed by atoms with Crippen LogP contribution in [0.2, 0.25) is 0 Å². The van der Waals surface area contributed by atoms with Gasteiger partial charge >= 0.3 is 0 Å². The summed E-state index contributed by atoms with van der Waals surface area (Å²) in [4.78, 5) is 2.61. The van der Waals surface area contributed by atoms with Crippen LogP contribution in [0.5, 0.6) is 0 Å². The van der Waals surface area contributed by atoms with E-state index in [1.54, 1.807) is 0 Å². The maximum Gasteiger partial charge on any atom is 0.0637 e. The van der Waals surface area contributed by atoms with Crippen LogP contribution in [0.15, 0.2) is 0 Å². The molecule has 0 aromatic carbocycles. The fourth-order valence-electron chi connectivity index (χ4n) is 2.86. The second-order valence-corrected chi connectivity index (χ2v) is 5.71. The van der Waals surface area contributed by atoms with Crippen LogP contribution in [0, 0.1) is 5.41 Å². The average Bonchev–Trinajstić information content (AvgIpc) is 2.59. The Morgan fingerprint density at radius 3 is 2.80 bits per heavy atom. The summed E-state index contributed by atoms with van der Waals surface area (Å²) in [6, 6.07) is 1.21. The standard InChI is InChI=1S/C12H24N2O/c1-12(2)5-6-14(9-12)11-8-15-7-4-10(11)13-3/h10-11,13H,4-9H2,1-3H3. The van der Waals surface area contributed by atoms with Gasteiger partial charge in [0.05, 0.1) is 6.61 Å². The summed E-state index contributed by atoms with van der Waals surface area (Å²) in [5.74, 6) is 0. The minimum absolute atomic E-state index is 0.496. The van der Waals surface area contributed by atoms with Crippen LogP contribution in [-0.4, -0.2) is 50.3 Å². The summed E-state index contributed by atoms with van der Waals surface area (Å²) in [5.41, 5.74) is 0.496. The molecule has 88 valence electrons. The van der Waals surface area contributed by atoms with Gasteiger partial charge in [-0.25, -0.2) is 0 Å². The molecular formula is C12H24N2O. The molecule has 0 aromatic rings. The molecule has 2 fully saturated rings. The first-order chi connectivity index (χ1) is 7.12. The fourth-order valence-corrected chi connectivity index (χ4v) is 2.86. The lowest BCUT2D eigenvalue weighted by atomic mass is 9.93. The summed E-state index contributed by atoms with van der Waals surface area (Å²) in [6.07, 6.45) is 2.47. The Kier molecular flexibility index (Phi) is 3.33. The molecule has 2 aliphatic heterocycles. The predicted octanol–water partition coefficient (Wildman–Crippen LogP) is 1.10. The molecule has 0 spiro atoms. The van der Waals surface area contributed by atoms with Crippen molar-refractivity contribution in [3.05, 3.63) is 0 Å².